The number of ether oxygens (including phenoxy) is 1. The molecule has 1 heterocycles. The van der Waals surface area contributed by atoms with Gasteiger partial charge in [-0.15, -0.1) is 0 Å². The molecule has 2 nitrogen and oxygen atoms in total. The van der Waals surface area contributed by atoms with Crippen molar-refractivity contribution in [2.45, 2.75) is 25.8 Å². The molecule has 1 aliphatic rings. The van der Waals surface area contributed by atoms with Gasteiger partial charge >= 0.3 is 0 Å². The Hall–Kier alpha value is -0.290. The van der Waals surface area contributed by atoms with Gasteiger partial charge in [0.25, 0.3) is 0 Å². The van der Waals surface area contributed by atoms with Crippen molar-refractivity contribution in [1.29, 1.82) is 0 Å². The van der Waals surface area contributed by atoms with E-state index in [-0.39, 0.29) is 0 Å². The Morgan fingerprint density at radius 3 is 3.06 bits per heavy atom. The van der Waals surface area contributed by atoms with E-state index in [1.165, 1.54) is 15.6 Å². The molecule has 16 heavy (non-hydrogen) atoms. The van der Waals surface area contributed by atoms with E-state index in [4.69, 9.17) is 4.74 Å². The van der Waals surface area contributed by atoms with Crippen LogP contribution in [0.5, 0.6) is 5.75 Å². The van der Waals surface area contributed by atoms with Gasteiger partial charge in [0.2, 0.25) is 0 Å². The molecule has 1 atom stereocenters. The van der Waals surface area contributed by atoms with Crippen LogP contribution in [0.15, 0.2) is 18.2 Å². The number of nitrogens with zero attached hydrogens (tertiary/aromatic N) is 1. The standard InChI is InChI=1S/C13H18INO/c1-3-6-15(2)12-8-10-7-11(14)4-5-13(10)16-9-12/h4-5,7,12H,3,6,8-9H2,1-2H3/t12-/m0/s1. The van der Waals surface area contributed by atoms with Gasteiger partial charge in [0, 0.05) is 9.61 Å². The number of fused-ring (bicyclic) bond motifs is 1. The zero-order valence-electron chi connectivity index (χ0n) is 9.87. The van der Waals surface area contributed by atoms with Gasteiger partial charge in [0.15, 0.2) is 0 Å². The van der Waals surface area contributed by atoms with Crippen LogP contribution in [0.4, 0.5) is 0 Å². The summed E-state index contributed by atoms with van der Waals surface area (Å²) in [6.45, 7) is 4.19. The normalized spacial score (nSPS) is 19.4. The molecule has 1 aromatic carbocycles. The van der Waals surface area contributed by atoms with Crippen LogP contribution in [0.1, 0.15) is 18.9 Å². The van der Waals surface area contributed by atoms with Gasteiger partial charge in [0.05, 0.1) is 0 Å². The van der Waals surface area contributed by atoms with Gasteiger partial charge in [-0.1, -0.05) is 6.92 Å². The number of benzene rings is 1. The Bertz CT molecular complexity index is 367. The maximum absolute atomic E-state index is 5.81. The van der Waals surface area contributed by atoms with Gasteiger partial charge in [-0.05, 0) is 72.8 Å². The zero-order chi connectivity index (χ0) is 11.5. The fourth-order valence-electron chi connectivity index (χ4n) is 2.17. The SMILES string of the molecule is CCCN(C)[C@@H]1COc2ccc(I)cc2C1. The van der Waals surface area contributed by atoms with E-state index < -0.39 is 0 Å². The molecule has 0 aliphatic carbocycles. The molecule has 0 radical (unpaired) electrons. The first kappa shape index (κ1) is 12.2. The fraction of sp³-hybridized carbons (Fsp3) is 0.538. The molecule has 0 spiro atoms. The van der Waals surface area contributed by atoms with E-state index >= 15 is 0 Å². The summed E-state index contributed by atoms with van der Waals surface area (Å²) >= 11 is 2.36. The molecule has 3 heteroatoms. The van der Waals surface area contributed by atoms with Crippen molar-refractivity contribution in [1.82, 2.24) is 4.90 Å². The number of likely N-dealkylation sites (N-methyl/N-ethyl adjacent to an activating group) is 1. The van der Waals surface area contributed by atoms with E-state index in [1.54, 1.807) is 0 Å². The van der Waals surface area contributed by atoms with Gasteiger partial charge in [-0.25, -0.2) is 0 Å². The molecule has 1 aliphatic heterocycles. The van der Waals surface area contributed by atoms with Crippen LogP contribution in [-0.4, -0.2) is 31.1 Å². The minimum atomic E-state index is 0.533. The summed E-state index contributed by atoms with van der Waals surface area (Å²) in [6, 6.07) is 6.97. The highest BCUT2D eigenvalue weighted by molar-refractivity contribution is 14.1. The number of halogens is 1. The molecule has 0 unspecified atom stereocenters. The topological polar surface area (TPSA) is 12.5 Å². The summed E-state index contributed by atoms with van der Waals surface area (Å²) in [6.07, 6.45) is 2.31. The quantitative estimate of drug-likeness (QED) is 0.790. The predicted octanol–water partition coefficient (Wildman–Crippen LogP) is 2.94. The Morgan fingerprint density at radius 2 is 2.31 bits per heavy atom. The van der Waals surface area contributed by atoms with Gasteiger partial charge < -0.3 is 4.74 Å². The first-order valence-corrected chi connectivity index (χ1v) is 6.90. The third kappa shape index (κ3) is 2.69. The summed E-state index contributed by atoms with van der Waals surface area (Å²) in [5, 5.41) is 0. The van der Waals surface area contributed by atoms with Crippen molar-refractivity contribution in [2.24, 2.45) is 0 Å². The van der Waals surface area contributed by atoms with Crippen LogP contribution in [-0.2, 0) is 6.42 Å². The molecular weight excluding hydrogens is 313 g/mol. The summed E-state index contributed by atoms with van der Waals surface area (Å²) in [7, 11) is 2.19. The second-order valence-corrected chi connectivity index (χ2v) is 5.65. The zero-order valence-corrected chi connectivity index (χ0v) is 12.0. The fourth-order valence-corrected chi connectivity index (χ4v) is 2.72. The van der Waals surface area contributed by atoms with E-state index in [0.29, 0.717) is 6.04 Å². The molecule has 0 amide bonds. The van der Waals surface area contributed by atoms with Crippen LogP contribution in [0.2, 0.25) is 0 Å². The molecule has 0 saturated heterocycles. The van der Waals surface area contributed by atoms with Gasteiger partial charge in [-0.3, -0.25) is 4.90 Å². The Balaban J connectivity index is 2.10. The first-order valence-electron chi connectivity index (χ1n) is 5.82. The average molecular weight is 331 g/mol. The molecule has 0 aromatic heterocycles. The molecule has 1 aromatic rings. The van der Waals surface area contributed by atoms with Crippen molar-refractivity contribution in [3.8, 4) is 5.75 Å². The van der Waals surface area contributed by atoms with Gasteiger partial charge in [-0.2, -0.15) is 0 Å². The molecule has 0 bridgehead atoms. The highest BCUT2D eigenvalue weighted by atomic mass is 127. The van der Waals surface area contributed by atoms with Crippen LogP contribution in [0.3, 0.4) is 0 Å². The minimum Gasteiger partial charge on any atom is -0.492 e. The third-order valence-electron chi connectivity index (χ3n) is 3.11. The molecule has 88 valence electrons. The van der Waals surface area contributed by atoms with E-state index in [0.717, 1.165) is 25.3 Å². The van der Waals surface area contributed by atoms with Crippen molar-refractivity contribution in [3.63, 3.8) is 0 Å². The van der Waals surface area contributed by atoms with Crippen LogP contribution >= 0.6 is 22.6 Å². The van der Waals surface area contributed by atoms with Crippen molar-refractivity contribution in [2.75, 3.05) is 20.2 Å². The molecular formula is C13H18INO. The van der Waals surface area contributed by atoms with E-state index in [9.17, 15) is 0 Å². The summed E-state index contributed by atoms with van der Waals surface area (Å²) in [5.41, 5.74) is 1.35. The Morgan fingerprint density at radius 1 is 1.50 bits per heavy atom. The smallest absolute Gasteiger partial charge is 0.122 e. The molecule has 0 saturated carbocycles. The van der Waals surface area contributed by atoms with Crippen LogP contribution < -0.4 is 4.74 Å². The van der Waals surface area contributed by atoms with Crippen LogP contribution in [0, 0.1) is 3.57 Å². The minimum absolute atomic E-state index is 0.533. The number of hydrogen-bond donors (Lipinski definition) is 0. The lowest BCUT2D eigenvalue weighted by Gasteiger charge is -2.32. The van der Waals surface area contributed by atoms with Crippen molar-refractivity contribution in [3.05, 3.63) is 27.3 Å². The highest BCUT2D eigenvalue weighted by Gasteiger charge is 2.22. The summed E-state index contributed by atoms with van der Waals surface area (Å²) in [4.78, 5) is 2.41. The summed E-state index contributed by atoms with van der Waals surface area (Å²) < 4.78 is 7.10. The number of rotatable bonds is 3. The third-order valence-corrected chi connectivity index (χ3v) is 3.78. The second kappa shape index (κ2) is 5.36. The van der Waals surface area contributed by atoms with Crippen LogP contribution in [0.25, 0.3) is 0 Å². The van der Waals surface area contributed by atoms with Gasteiger partial charge in [0.1, 0.15) is 12.4 Å². The molecule has 0 fully saturated rings. The Labute approximate surface area is 111 Å². The average Bonchev–Trinajstić information content (AvgIpc) is 2.28. The lowest BCUT2D eigenvalue weighted by Crippen LogP contribution is -2.41. The molecule has 2 rings (SSSR count). The summed E-state index contributed by atoms with van der Waals surface area (Å²) in [5.74, 6) is 1.07. The maximum atomic E-state index is 5.81. The van der Waals surface area contributed by atoms with Crippen molar-refractivity contribution < 1.29 is 4.74 Å². The van der Waals surface area contributed by atoms with E-state index in [2.05, 4.69) is 59.7 Å². The second-order valence-electron chi connectivity index (χ2n) is 4.40. The predicted molar refractivity (Wildman–Crippen MR) is 75.1 cm³/mol. The molecule has 0 N–H and O–H groups in total. The first-order chi connectivity index (χ1) is 7.70. The Kier molecular flexibility index (Phi) is 4.08. The highest BCUT2D eigenvalue weighted by Crippen LogP contribution is 2.27. The monoisotopic (exact) mass is 331 g/mol. The lowest BCUT2D eigenvalue weighted by molar-refractivity contribution is 0.143. The van der Waals surface area contributed by atoms with Crippen molar-refractivity contribution >= 4 is 22.6 Å². The lowest BCUT2D eigenvalue weighted by atomic mass is 10.0. The largest absolute Gasteiger partial charge is 0.492 e. The maximum Gasteiger partial charge on any atom is 0.122 e. The number of hydrogen-bond acceptors (Lipinski definition) is 2. The van der Waals surface area contributed by atoms with E-state index in [1.807, 2.05) is 0 Å².